The van der Waals surface area contributed by atoms with Gasteiger partial charge in [0.1, 0.15) is 11.9 Å². The van der Waals surface area contributed by atoms with Crippen LogP contribution in [0, 0.1) is 6.92 Å². The van der Waals surface area contributed by atoms with Gasteiger partial charge in [0.05, 0.1) is 6.04 Å². The monoisotopic (exact) mass is 196 g/mol. The molecule has 76 valence electrons. The summed E-state index contributed by atoms with van der Waals surface area (Å²) in [6, 6.07) is -0.486. The van der Waals surface area contributed by atoms with Crippen LogP contribution in [0.15, 0.2) is 0 Å². The molecule has 0 saturated carbocycles. The zero-order valence-corrected chi connectivity index (χ0v) is 7.82. The maximum Gasteiger partial charge on any atom is 0.320 e. The van der Waals surface area contributed by atoms with E-state index in [1.807, 2.05) is 6.92 Å². The Bertz CT molecular complexity index is 349. The molecule has 2 unspecified atom stereocenters. The van der Waals surface area contributed by atoms with Crippen LogP contribution < -0.4 is 5.32 Å². The smallest absolute Gasteiger partial charge is 0.320 e. The molecule has 2 atom stereocenters. The van der Waals surface area contributed by atoms with Crippen molar-refractivity contribution in [3.8, 4) is 0 Å². The lowest BCUT2D eigenvalue weighted by atomic mass is 10.2. The molecule has 0 spiro atoms. The van der Waals surface area contributed by atoms with E-state index in [-0.39, 0.29) is 6.04 Å². The van der Waals surface area contributed by atoms with Crippen molar-refractivity contribution in [2.24, 2.45) is 0 Å². The van der Waals surface area contributed by atoms with Crippen LogP contribution in [0.3, 0.4) is 0 Å². The number of carbonyl (C=O) groups is 1. The number of H-pyrrole nitrogens is 1. The normalized spacial score (nSPS) is 26.6. The van der Waals surface area contributed by atoms with E-state index in [1.54, 1.807) is 0 Å². The number of carboxylic acids is 1. The molecule has 1 fully saturated rings. The second kappa shape index (κ2) is 3.38. The second-order valence-corrected chi connectivity index (χ2v) is 3.47. The number of nitrogens with one attached hydrogen (secondary N) is 2. The van der Waals surface area contributed by atoms with Crippen LogP contribution in [-0.4, -0.2) is 32.3 Å². The van der Waals surface area contributed by atoms with Crippen LogP contribution in [-0.2, 0) is 4.79 Å². The SMILES string of the molecule is Cc1nc(C2CCC(C(=O)O)N2)n[nH]1. The number of hydrogen-bond donors (Lipinski definition) is 3. The molecule has 1 aromatic rings. The Morgan fingerprint density at radius 1 is 1.57 bits per heavy atom. The Labute approximate surface area is 80.7 Å². The zero-order valence-electron chi connectivity index (χ0n) is 7.82. The summed E-state index contributed by atoms with van der Waals surface area (Å²) in [4.78, 5) is 14.8. The molecule has 2 rings (SSSR count). The van der Waals surface area contributed by atoms with E-state index in [0.717, 1.165) is 12.2 Å². The van der Waals surface area contributed by atoms with Crippen LogP contribution in [0.4, 0.5) is 0 Å². The summed E-state index contributed by atoms with van der Waals surface area (Å²) in [5.41, 5.74) is 0. The van der Waals surface area contributed by atoms with Gasteiger partial charge in [0.2, 0.25) is 0 Å². The molecule has 1 saturated heterocycles. The van der Waals surface area contributed by atoms with Crippen molar-refractivity contribution in [1.82, 2.24) is 20.5 Å². The van der Waals surface area contributed by atoms with Gasteiger partial charge < -0.3 is 5.11 Å². The molecule has 1 aliphatic heterocycles. The lowest BCUT2D eigenvalue weighted by molar-refractivity contribution is -0.139. The first-order valence-electron chi connectivity index (χ1n) is 4.54. The minimum absolute atomic E-state index is 0.0268. The van der Waals surface area contributed by atoms with E-state index in [1.165, 1.54) is 0 Å². The molecule has 6 nitrogen and oxygen atoms in total. The van der Waals surface area contributed by atoms with Gasteiger partial charge in [-0.05, 0) is 19.8 Å². The van der Waals surface area contributed by atoms with Crippen molar-refractivity contribution in [1.29, 1.82) is 0 Å². The number of aryl methyl sites for hydroxylation is 1. The topological polar surface area (TPSA) is 90.9 Å². The third-order valence-electron chi connectivity index (χ3n) is 2.37. The lowest BCUT2D eigenvalue weighted by Gasteiger charge is -2.06. The molecule has 1 aliphatic rings. The predicted molar refractivity (Wildman–Crippen MR) is 47.7 cm³/mol. The lowest BCUT2D eigenvalue weighted by Crippen LogP contribution is -2.32. The third-order valence-corrected chi connectivity index (χ3v) is 2.37. The van der Waals surface area contributed by atoms with E-state index >= 15 is 0 Å². The Morgan fingerprint density at radius 2 is 2.36 bits per heavy atom. The van der Waals surface area contributed by atoms with Gasteiger partial charge in [0, 0.05) is 0 Å². The van der Waals surface area contributed by atoms with E-state index in [9.17, 15) is 4.79 Å². The average molecular weight is 196 g/mol. The van der Waals surface area contributed by atoms with Gasteiger partial charge in [0.25, 0.3) is 0 Å². The fourth-order valence-electron chi connectivity index (χ4n) is 1.66. The minimum Gasteiger partial charge on any atom is -0.480 e. The van der Waals surface area contributed by atoms with Crippen LogP contribution in [0.25, 0.3) is 0 Å². The number of aliphatic carboxylic acids is 1. The summed E-state index contributed by atoms with van der Waals surface area (Å²) in [6.45, 7) is 1.82. The van der Waals surface area contributed by atoms with Gasteiger partial charge in [-0.15, -0.1) is 0 Å². The van der Waals surface area contributed by atoms with Gasteiger partial charge in [-0.2, -0.15) is 5.10 Å². The first-order chi connectivity index (χ1) is 6.66. The molecular weight excluding hydrogens is 184 g/mol. The fourth-order valence-corrected chi connectivity index (χ4v) is 1.66. The van der Waals surface area contributed by atoms with Crippen molar-refractivity contribution < 1.29 is 9.90 Å². The largest absolute Gasteiger partial charge is 0.480 e. The average Bonchev–Trinajstić information content (AvgIpc) is 2.70. The summed E-state index contributed by atoms with van der Waals surface area (Å²) >= 11 is 0. The second-order valence-electron chi connectivity index (χ2n) is 3.47. The van der Waals surface area contributed by atoms with E-state index in [2.05, 4.69) is 20.5 Å². The van der Waals surface area contributed by atoms with E-state index < -0.39 is 12.0 Å². The maximum atomic E-state index is 10.7. The first kappa shape index (κ1) is 9.14. The summed E-state index contributed by atoms with van der Waals surface area (Å²) in [6.07, 6.45) is 1.40. The molecule has 0 amide bonds. The van der Waals surface area contributed by atoms with Crippen LogP contribution in [0.5, 0.6) is 0 Å². The Kier molecular flexibility index (Phi) is 2.20. The summed E-state index contributed by atoms with van der Waals surface area (Å²) in [5, 5.41) is 18.5. The third kappa shape index (κ3) is 1.60. The fraction of sp³-hybridized carbons (Fsp3) is 0.625. The number of aromatic nitrogens is 3. The van der Waals surface area contributed by atoms with Gasteiger partial charge in [-0.25, -0.2) is 4.98 Å². The van der Waals surface area contributed by atoms with Crippen molar-refractivity contribution in [2.45, 2.75) is 31.8 Å². The molecule has 1 aromatic heterocycles. The highest BCUT2D eigenvalue weighted by Crippen LogP contribution is 2.23. The Balaban J connectivity index is 2.05. The Morgan fingerprint density at radius 3 is 2.86 bits per heavy atom. The highest BCUT2D eigenvalue weighted by atomic mass is 16.4. The minimum atomic E-state index is -0.806. The summed E-state index contributed by atoms with van der Waals surface area (Å²) < 4.78 is 0. The predicted octanol–water partition coefficient (Wildman–Crippen LogP) is -0.00918. The van der Waals surface area contributed by atoms with E-state index in [0.29, 0.717) is 12.2 Å². The number of nitrogens with zero attached hydrogens (tertiary/aromatic N) is 2. The van der Waals surface area contributed by atoms with E-state index in [4.69, 9.17) is 5.11 Å². The zero-order chi connectivity index (χ0) is 10.1. The van der Waals surface area contributed by atoms with Crippen molar-refractivity contribution in [3.63, 3.8) is 0 Å². The molecule has 2 heterocycles. The Hall–Kier alpha value is -1.43. The first-order valence-corrected chi connectivity index (χ1v) is 4.54. The van der Waals surface area contributed by atoms with Crippen molar-refractivity contribution in [2.75, 3.05) is 0 Å². The molecule has 3 N–H and O–H groups in total. The number of aromatic amines is 1. The number of carboxylic acid groups (broad SMARTS) is 1. The van der Waals surface area contributed by atoms with Crippen LogP contribution >= 0.6 is 0 Å². The van der Waals surface area contributed by atoms with Crippen LogP contribution in [0.1, 0.15) is 30.5 Å². The maximum absolute atomic E-state index is 10.7. The summed E-state index contributed by atoms with van der Waals surface area (Å²) in [7, 11) is 0. The molecule has 0 bridgehead atoms. The highest BCUT2D eigenvalue weighted by molar-refractivity contribution is 5.73. The number of hydrogen-bond acceptors (Lipinski definition) is 4. The summed E-state index contributed by atoms with van der Waals surface area (Å²) in [5.74, 6) is 0.603. The van der Waals surface area contributed by atoms with Gasteiger partial charge in [-0.3, -0.25) is 15.2 Å². The molecule has 0 aliphatic carbocycles. The van der Waals surface area contributed by atoms with Gasteiger partial charge >= 0.3 is 5.97 Å². The number of rotatable bonds is 2. The van der Waals surface area contributed by atoms with Crippen molar-refractivity contribution in [3.05, 3.63) is 11.6 Å². The molecular formula is C8H12N4O2. The highest BCUT2D eigenvalue weighted by Gasteiger charge is 2.31. The van der Waals surface area contributed by atoms with Gasteiger partial charge in [-0.1, -0.05) is 0 Å². The molecule has 14 heavy (non-hydrogen) atoms. The van der Waals surface area contributed by atoms with Gasteiger partial charge in [0.15, 0.2) is 5.82 Å². The van der Waals surface area contributed by atoms with Crippen molar-refractivity contribution >= 4 is 5.97 Å². The quantitative estimate of drug-likeness (QED) is 0.619. The van der Waals surface area contributed by atoms with Crippen LogP contribution in [0.2, 0.25) is 0 Å². The molecule has 0 radical (unpaired) electrons. The molecule has 6 heteroatoms. The molecule has 0 aromatic carbocycles. The standard InChI is InChI=1S/C8H12N4O2/c1-4-9-7(12-11-4)5-2-3-6(10-5)8(13)14/h5-6,10H,2-3H2,1H3,(H,13,14)(H,9,11,12).